The maximum Gasteiger partial charge on any atom is 0.180 e. The van der Waals surface area contributed by atoms with Crippen LogP contribution in [-0.2, 0) is 11.8 Å². The van der Waals surface area contributed by atoms with E-state index in [2.05, 4.69) is 65.3 Å². The summed E-state index contributed by atoms with van der Waals surface area (Å²) in [6.07, 6.45) is 2.29. The van der Waals surface area contributed by atoms with Crippen LogP contribution in [-0.4, -0.2) is 49.3 Å². The van der Waals surface area contributed by atoms with Crippen molar-refractivity contribution in [3.8, 4) is 0 Å². The monoisotopic (exact) mass is 404 g/mol. The molecule has 0 unspecified atom stereocenters. The third-order valence-electron chi connectivity index (χ3n) is 6.96. The Labute approximate surface area is 179 Å². The van der Waals surface area contributed by atoms with E-state index in [4.69, 9.17) is 4.52 Å². The molecule has 158 valence electrons. The van der Waals surface area contributed by atoms with Crippen molar-refractivity contribution in [3.05, 3.63) is 53.1 Å². The Morgan fingerprint density at radius 2 is 1.87 bits per heavy atom. The SMILES string of the molecule is Cc1ccc(CCN2CCN(c3noc4ccccc34)CC2)c2c1C(C)(C)CCN2. The van der Waals surface area contributed by atoms with Crippen LogP contribution < -0.4 is 10.2 Å². The van der Waals surface area contributed by atoms with Crippen LogP contribution >= 0.6 is 0 Å². The molecular formula is C25H32N4O. The third kappa shape index (κ3) is 3.45. The van der Waals surface area contributed by atoms with Gasteiger partial charge in [0.1, 0.15) is 0 Å². The number of nitrogens with zero attached hydrogens (tertiary/aromatic N) is 3. The number of rotatable bonds is 4. The molecule has 2 aliphatic rings. The Hall–Kier alpha value is -2.53. The second-order valence-corrected chi connectivity index (χ2v) is 9.43. The Morgan fingerprint density at radius 3 is 2.70 bits per heavy atom. The molecule has 0 saturated carbocycles. The van der Waals surface area contributed by atoms with Gasteiger partial charge in [-0.25, -0.2) is 0 Å². The summed E-state index contributed by atoms with van der Waals surface area (Å²) in [5.41, 5.74) is 6.93. The molecule has 1 saturated heterocycles. The quantitative estimate of drug-likeness (QED) is 0.689. The number of aryl methyl sites for hydroxylation is 1. The summed E-state index contributed by atoms with van der Waals surface area (Å²) in [6.45, 7) is 13.3. The van der Waals surface area contributed by atoms with Gasteiger partial charge in [0.25, 0.3) is 0 Å². The minimum Gasteiger partial charge on any atom is -0.385 e. The molecule has 5 rings (SSSR count). The minimum absolute atomic E-state index is 0.257. The van der Waals surface area contributed by atoms with Gasteiger partial charge < -0.3 is 14.7 Å². The van der Waals surface area contributed by atoms with Crippen LogP contribution in [0.3, 0.4) is 0 Å². The zero-order valence-corrected chi connectivity index (χ0v) is 18.4. The first kappa shape index (κ1) is 19.4. The van der Waals surface area contributed by atoms with Crippen molar-refractivity contribution in [1.82, 2.24) is 10.1 Å². The summed E-state index contributed by atoms with van der Waals surface area (Å²) in [4.78, 5) is 4.94. The van der Waals surface area contributed by atoms with Gasteiger partial charge in [-0.15, -0.1) is 0 Å². The molecular weight excluding hydrogens is 372 g/mol. The molecule has 0 amide bonds. The summed E-state index contributed by atoms with van der Waals surface area (Å²) >= 11 is 0. The Balaban J connectivity index is 1.24. The number of anilines is 2. The first-order valence-electron chi connectivity index (χ1n) is 11.2. The van der Waals surface area contributed by atoms with Gasteiger partial charge in [-0.2, -0.15) is 0 Å². The van der Waals surface area contributed by atoms with Crippen molar-refractivity contribution < 1.29 is 4.52 Å². The fraction of sp³-hybridized carbons (Fsp3) is 0.480. The second-order valence-electron chi connectivity index (χ2n) is 9.43. The van der Waals surface area contributed by atoms with Crippen LogP contribution in [0.5, 0.6) is 0 Å². The van der Waals surface area contributed by atoms with Crippen molar-refractivity contribution in [2.75, 3.05) is 49.5 Å². The largest absolute Gasteiger partial charge is 0.385 e. The van der Waals surface area contributed by atoms with Gasteiger partial charge in [0.15, 0.2) is 11.4 Å². The topological polar surface area (TPSA) is 44.5 Å². The van der Waals surface area contributed by atoms with Crippen LogP contribution in [0, 0.1) is 6.92 Å². The van der Waals surface area contributed by atoms with E-state index in [1.165, 1.54) is 28.8 Å². The molecule has 1 N–H and O–H groups in total. The average molecular weight is 405 g/mol. The van der Waals surface area contributed by atoms with E-state index in [-0.39, 0.29) is 5.41 Å². The molecule has 1 fully saturated rings. The van der Waals surface area contributed by atoms with Gasteiger partial charge in [0.2, 0.25) is 0 Å². The summed E-state index contributed by atoms with van der Waals surface area (Å²) < 4.78 is 5.50. The number of hydrogen-bond donors (Lipinski definition) is 1. The van der Waals surface area contributed by atoms with Crippen molar-refractivity contribution in [2.24, 2.45) is 0 Å². The molecule has 2 aromatic carbocycles. The zero-order valence-electron chi connectivity index (χ0n) is 18.4. The Morgan fingerprint density at radius 1 is 1.07 bits per heavy atom. The molecule has 0 bridgehead atoms. The number of piperazine rings is 1. The summed E-state index contributed by atoms with van der Waals surface area (Å²) in [5, 5.41) is 9.16. The first-order chi connectivity index (χ1) is 14.5. The van der Waals surface area contributed by atoms with E-state index in [0.29, 0.717) is 0 Å². The lowest BCUT2D eigenvalue weighted by atomic mass is 9.75. The molecule has 5 heteroatoms. The molecule has 1 aromatic heterocycles. The van der Waals surface area contributed by atoms with E-state index in [1.54, 1.807) is 0 Å². The minimum atomic E-state index is 0.257. The predicted molar refractivity (Wildman–Crippen MR) is 124 cm³/mol. The van der Waals surface area contributed by atoms with Crippen LogP contribution in [0.4, 0.5) is 11.5 Å². The highest BCUT2D eigenvalue weighted by Gasteiger charge is 2.30. The molecule has 2 aliphatic heterocycles. The fourth-order valence-corrected chi connectivity index (χ4v) is 5.22. The summed E-state index contributed by atoms with van der Waals surface area (Å²) in [6, 6.07) is 12.8. The van der Waals surface area contributed by atoms with E-state index in [9.17, 15) is 0 Å². The van der Waals surface area contributed by atoms with Gasteiger partial charge in [-0.05, 0) is 54.0 Å². The van der Waals surface area contributed by atoms with Gasteiger partial charge in [-0.1, -0.05) is 43.3 Å². The van der Waals surface area contributed by atoms with Gasteiger partial charge in [0, 0.05) is 45.0 Å². The van der Waals surface area contributed by atoms with Crippen molar-refractivity contribution in [2.45, 2.75) is 39.0 Å². The molecule has 3 heterocycles. The number of benzene rings is 2. The lowest BCUT2D eigenvalue weighted by molar-refractivity contribution is 0.259. The maximum atomic E-state index is 5.50. The number of para-hydroxylation sites is 1. The highest BCUT2D eigenvalue weighted by atomic mass is 16.5. The van der Waals surface area contributed by atoms with Crippen molar-refractivity contribution >= 4 is 22.5 Å². The molecule has 0 atom stereocenters. The molecule has 0 spiro atoms. The average Bonchev–Trinajstić information content (AvgIpc) is 3.17. The lowest BCUT2D eigenvalue weighted by Gasteiger charge is -2.37. The smallest absolute Gasteiger partial charge is 0.180 e. The van der Waals surface area contributed by atoms with Crippen LogP contribution in [0.15, 0.2) is 40.9 Å². The lowest BCUT2D eigenvalue weighted by Crippen LogP contribution is -2.47. The van der Waals surface area contributed by atoms with E-state index >= 15 is 0 Å². The number of hydrogen-bond acceptors (Lipinski definition) is 5. The second kappa shape index (κ2) is 7.62. The Bertz CT molecular complexity index is 1050. The van der Waals surface area contributed by atoms with Crippen LogP contribution in [0.2, 0.25) is 0 Å². The Kier molecular flexibility index (Phi) is 4.94. The normalized spacial score (nSPS) is 19.0. The van der Waals surface area contributed by atoms with Crippen LogP contribution in [0.1, 0.15) is 37.0 Å². The zero-order chi connectivity index (χ0) is 20.7. The third-order valence-corrected chi connectivity index (χ3v) is 6.96. The molecule has 3 aromatic rings. The van der Waals surface area contributed by atoms with Crippen molar-refractivity contribution in [3.63, 3.8) is 0 Å². The molecule has 0 aliphatic carbocycles. The highest BCUT2D eigenvalue weighted by Crippen LogP contribution is 2.40. The molecule has 5 nitrogen and oxygen atoms in total. The first-order valence-corrected chi connectivity index (χ1v) is 11.2. The predicted octanol–water partition coefficient (Wildman–Crippen LogP) is 4.59. The van der Waals surface area contributed by atoms with Crippen LogP contribution in [0.25, 0.3) is 11.0 Å². The summed E-state index contributed by atoms with van der Waals surface area (Å²) in [7, 11) is 0. The molecule has 0 radical (unpaired) electrons. The van der Waals surface area contributed by atoms with Gasteiger partial charge in [0.05, 0.1) is 5.39 Å². The van der Waals surface area contributed by atoms with E-state index in [1.807, 2.05) is 12.1 Å². The van der Waals surface area contributed by atoms with Gasteiger partial charge in [-0.3, -0.25) is 4.90 Å². The standard InChI is InChI=1S/C25H32N4O/c1-18-8-9-19(23-22(18)25(2,3)11-12-26-23)10-13-28-14-16-29(17-15-28)24-20-6-4-5-7-21(20)30-27-24/h4-9,26H,10-17H2,1-3H3. The van der Waals surface area contributed by atoms with Gasteiger partial charge >= 0.3 is 0 Å². The molecule has 30 heavy (non-hydrogen) atoms. The van der Waals surface area contributed by atoms with E-state index < -0.39 is 0 Å². The summed E-state index contributed by atoms with van der Waals surface area (Å²) in [5.74, 6) is 0.990. The number of aromatic nitrogens is 1. The number of fused-ring (bicyclic) bond motifs is 2. The fourth-order valence-electron chi connectivity index (χ4n) is 5.22. The van der Waals surface area contributed by atoms with E-state index in [0.717, 1.165) is 62.5 Å². The number of nitrogens with one attached hydrogen (secondary N) is 1. The maximum absolute atomic E-state index is 5.50. The van der Waals surface area contributed by atoms with Crippen molar-refractivity contribution in [1.29, 1.82) is 0 Å². The highest BCUT2D eigenvalue weighted by molar-refractivity contribution is 5.88.